The van der Waals surface area contributed by atoms with E-state index in [9.17, 15) is 9.59 Å². The van der Waals surface area contributed by atoms with Crippen LogP contribution in [0.5, 0.6) is 11.5 Å². The lowest BCUT2D eigenvalue weighted by atomic mass is 10.1. The van der Waals surface area contributed by atoms with Gasteiger partial charge in [0.2, 0.25) is 12.7 Å². The van der Waals surface area contributed by atoms with Crippen LogP contribution in [0.1, 0.15) is 41.1 Å². The van der Waals surface area contributed by atoms with Crippen LogP contribution in [-0.2, 0) is 22.6 Å². The summed E-state index contributed by atoms with van der Waals surface area (Å²) in [7, 11) is 0. The van der Waals surface area contributed by atoms with Gasteiger partial charge in [-0.3, -0.25) is 4.79 Å². The molecule has 1 saturated heterocycles. The van der Waals surface area contributed by atoms with Crippen LogP contribution in [0, 0.1) is 20.8 Å². The quantitative estimate of drug-likeness (QED) is 0.408. The van der Waals surface area contributed by atoms with Crippen LogP contribution in [0.15, 0.2) is 52.9 Å². The highest BCUT2D eigenvalue weighted by molar-refractivity contribution is 5.92. The molecule has 2 aliphatic heterocycles. The number of nitrogens with zero attached hydrogens (tertiary/aromatic N) is 2. The number of urea groups is 1. The van der Waals surface area contributed by atoms with Crippen LogP contribution in [0.25, 0.3) is 0 Å². The maximum atomic E-state index is 13.8. The fraction of sp³-hybridized carbons (Fsp3) is 0.400. The first-order valence-corrected chi connectivity index (χ1v) is 13.3. The van der Waals surface area contributed by atoms with Crippen molar-refractivity contribution in [2.24, 2.45) is 0 Å². The number of benzene rings is 2. The van der Waals surface area contributed by atoms with Crippen LogP contribution in [0.4, 0.5) is 10.5 Å². The van der Waals surface area contributed by atoms with Crippen LogP contribution in [-0.4, -0.2) is 54.3 Å². The average Bonchev–Trinajstić information content (AvgIpc) is 3.68. The average molecular weight is 534 g/mol. The van der Waals surface area contributed by atoms with Gasteiger partial charge in [-0.15, -0.1) is 0 Å². The maximum Gasteiger partial charge on any atom is 0.322 e. The predicted octanol–water partition coefficient (Wildman–Crippen LogP) is 5.18. The van der Waals surface area contributed by atoms with Gasteiger partial charge in [0.25, 0.3) is 0 Å². The molecule has 9 heteroatoms. The second kappa shape index (κ2) is 11.8. The molecule has 1 unspecified atom stereocenters. The number of aryl methyl sites for hydroxylation is 3. The predicted molar refractivity (Wildman–Crippen MR) is 146 cm³/mol. The SMILES string of the molecule is Cc1ccc(CN(Cc2ccc3c(c2)OCO3)C(=O)CN(CC2CCCO2)C(=O)Nc2ccc(C)c(C)c2)o1. The molecular weight excluding hydrogens is 498 g/mol. The van der Waals surface area contributed by atoms with Crippen molar-refractivity contribution in [3.05, 3.63) is 76.7 Å². The third-order valence-corrected chi connectivity index (χ3v) is 7.13. The Bertz CT molecular complexity index is 1330. The molecule has 9 nitrogen and oxygen atoms in total. The summed E-state index contributed by atoms with van der Waals surface area (Å²) in [5, 5.41) is 2.97. The van der Waals surface area contributed by atoms with Gasteiger partial charge < -0.3 is 33.7 Å². The molecule has 0 radical (unpaired) electrons. The van der Waals surface area contributed by atoms with Crippen molar-refractivity contribution in [1.82, 2.24) is 9.80 Å². The Labute approximate surface area is 228 Å². The molecular formula is C30H35N3O6. The van der Waals surface area contributed by atoms with E-state index in [4.69, 9.17) is 18.6 Å². The zero-order valence-corrected chi connectivity index (χ0v) is 22.7. The van der Waals surface area contributed by atoms with E-state index in [-0.39, 0.29) is 37.9 Å². The number of amides is 3. The Hall–Kier alpha value is -3.98. The molecule has 0 bridgehead atoms. The topological polar surface area (TPSA) is 93.5 Å². The first kappa shape index (κ1) is 26.6. The minimum atomic E-state index is -0.334. The van der Waals surface area contributed by atoms with Crippen LogP contribution in [0.3, 0.4) is 0 Å². The normalized spacial score (nSPS) is 15.8. The minimum absolute atomic E-state index is 0.0964. The summed E-state index contributed by atoms with van der Waals surface area (Å²) in [5.41, 5.74) is 3.81. The fourth-order valence-electron chi connectivity index (χ4n) is 4.79. The lowest BCUT2D eigenvalue weighted by molar-refractivity contribution is -0.133. The first-order valence-electron chi connectivity index (χ1n) is 13.3. The van der Waals surface area contributed by atoms with E-state index in [2.05, 4.69) is 5.32 Å². The molecule has 1 aromatic heterocycles. The molecule has 39 heavy (non-hydrogen) atoms. The van der Waals surface area contributed by atoms with Gasteiger partial charge >= 0.3 is 6.03 Å². The van der Waals surface area contributed by atoms with E-state index in [0.29, 0.717) is 42.6 Å². The number of ether oxygens (including phenoxy) is 3. The molecule has 0 aliphatic carbocycles. The van der Waals surface area contributed by atoms with Crippen LogP contribution < -0.4 is 14.8 Å². The number of carbonyl (C=O) groups excluding carboxylic acids is 2. The lowest BCUT2D eigenvalue weighted by Crippen LogP contribution is -2.46. The van der Waals surface area contributed by atoms with Gasteiger partial charge in [0.1, 0.15) is 18.1 Å². The summed E-state index contributed by atoms with van der Waals surface area (Å²) < 4.78 is 22.5. The molecule has 5 rings (SSSR count). The Morgan fingerprint density at radius 1 is 0.923 bits per heavy atom. The summed E-state index contributed by atoms with van der Waals surface area (Å²) in [4.78, 5) is 30.5. The third-order valence-electron chi connectivity index (χ3n) is 7.13. The number of fused-ring (bicyclic) bond motifs is 1. The first-order chi connectivity index (χ1) is 18.8. The molecule has 3 aromatic rings. The Kier molecular flexibility index (Phi) is 8.07. The number of rotatable bonds is 9. The summed E-state index contributed by atoms with van der Waals surface area (Å²) in [6.07, 6.45) is 1.70. The van der Waals surface area contributed by atoms with Crippen LogP contribution in [0.2, 0.25) is 0 Å². The molecule has 3 heterocycles. The molecule has 0 spiro atoms. The molecule has 1 atom stereocenters. The molecule has 2 aliphatic rings. The second-order valence-corrected chi connectivity index (χ2v) is 10.2. The number of nitrogens with one attached hydrogen (secondary N) is 1. The number of anilines is 1. The number of carbonyl (C=O) groups is 2. The second-order valence-electron chi connectivity index (χ2n) is 10.2. The Balaban J connectivity index is 1.35. The standard InChI is InChI=1S/C30H35N3O6/c1-20-6-9-24(13-21(20)2)31-30(35)33(16-25-5-4-12-36-25)18-29(34)32(17-26-10-7-22(3)39-26)15-23-8-11-27-28(14-23)38-19-37-27/h6-11,13-14,25H,4-5,12,15-19H2,1-3H3,(H,31,35). The molecule has 0 saturated carbocycles. The number of hydrogen-bond acceptors (Lipinski definition) is 6. The zero-order chi connectivity index (χ0) is 27.4. The van der Waals surface area contributed by atoms with E-state index in [1.54, 1.807) is 9.80 Å². The van der Waals surface area contributed by atoms with Gasteiger partial charge in [-0.05, 0) is 86.7 Å². The smallest absolute Gasteiger partial charge is 0.322 e. The zero-order valence-electron chi connectivity index (χ0n) is 22.7. The van der Waals surface area contributed by atoms with Crippen molar-refractivity contribution in [1.29, 1.82) is 0 Å². The van der Waals surface area contributed by atoms with E-state index < -0.39 is 0 Å². The summed E-state index contributed by atoms with van der Waals surface area (Å²) in [6, 6.07) is 14.8. The van der Waals surface area contributed by atoms with Gasteiger partial charge in [0, 0.05) is 25.4 Å². The maximum absolute atomic E-state index is 13.8. The fourth-order valence-corrected chi connectivity index (χ4v) is 4.79. The Morgan fingerprint density at radius 3 is 2.51 bits per heavy atom. The molecule has 2 aromatic carbocycles. The van der Waals surface area contributed by atoms with Gasteiger partial charge in [-0.1, -0.05) is 12.1 Å². The van der Waals surface area contributed by atoms with Crippen molar-refractivity contribution >= 4 is 17.6 Å². The highest BCUT2D eigenvalue weighted by Crippen LogP contribution is 2.33. The molecule has 1 fully saturated rings. The largest absolute Gasteiger partial charge is 0.464 e. The third kappa shape index (κ3) is 6.72. The van der Waals surface area contributed by atoms with Gasteiger partial charge in [-0.25, -0.2) is 4.79 Å². The molecule has 206 valence electrons. The van der Waals surface area contributed by atoms with Gasteiger partial charge in [0.15, 0.2) is 11.5 Å². The van der Waals surface area contributed by atoms with Crippen molar-refractivity contribution in [3.63, 3.8) is 0 Å². The monoisotopic (exact) mass is 533 g/mol. The molecule has 3 amide bonds. The van der Waals surface area contributed by atoms with Crippen molar-refractivity contribution in [2.75, 3.05) is 31.8 Å². The number of hydrogen-bond donors (Lipinski definition) is 1. The van der Waals surface area contributed by atoms with E-state index in [1.807, 2.05) is 69.3 Å². The minimum Gasteiger partial charge on any atom is -0.464 e. The highest BCUT2D eigenvalue weighted by Gasteiger charge is 2.27. The number of furan rings is 1. The van der Waals surface area contributed by atoms with Crippen molar-refractivity contribution in [3.8, 4) is 11.5 Å². The highest BCUT2D eigenvalue weighted by atomic mass is 16.7. The lowest BCUT2D eigenvalue weighted by Gasteiger charge is -2.29. The van der Waals surface area contributed by atoms with Crippen molar-refractivity contribution < 1.29 is 28.2 Å². The van der Waals surface area contributed by atoms with Crippen LogP contribution >= 0.6 is 0 Å². The van der Waals surface area contributed by atoms with Crippen molar-refractivity contribution in [2.45, 2.75) is 52.8 Å². The summed E-state index contributed by atoms with van der Waals surface area (Å²) in [5.74, 6) is 2.58. The van der Waals surface area contributed by atoms with E-state index >= 15 is 0 Å². The Morgan fingerprint density at radius 2 is 1.77 bits per heavy atom. The molecule has 1 N–H and O–H groups in total. The van der Waals surface area contributed by atoms with Gasteiger partial charge in [-0.2, -0.15) is 0 Å². The van der Waals surface area contributed by atoms with E-state index in [0.717, 1.165) is 35.3 Å². The van der Waals surface area contributed by atoms with E-state index in [1.165, 1.54) is 0 Å². The summed E-state index contributed by atoms with van der Waals surface area (Å²) in [6.45, 7) is 7.58. The van der Waals surface area contributed by atoms with Gasteiger partial charge in [0.05, 0.1) is 12.6 Å². The summed E-state index contributed by atoms with van der Waals surface area (Å²) >= 11 is 0.